The summed E-state index contributed by atoms with van der Waals surface area (Å²) in [7, 11) is 0. The van der Waals surface area contributed by atoms with Gasteiger partial charge in [-0.3, -0.25) is 9.59 Å². The lowest BCUT2D eigenvalue weighted by Gasteiger charge is -2.12. The van der Waals surface area contributed by atoms with Gasteiger partial charge in [-0.1, -0.05) is 6.92 Å². The van der Waals surface area contributed by atoms with Gasteiger partial charge in [-0.25, -0.2) is 9.37 Å². The first kappa shape index (κ1) is 16.6. The standard InChI is InChI=1S/C18H17FN4O2/c1-2-7-21-18(25)16-15(20)10-5-6-13(19)14(12(10)9-23-16)11-4-3-8-22-17(11)24/h3-6,8-9H,2,7,20H2,1H3,(H,21,25)(H,22,24). The summed E-state index contributed by atoms with van der Waals surface area (Å²) in [6, 6.07) is 5.85. The quantitative estimate of drug-likeness (QED) is 0.679. The van der Waals surface area contributed by atoms with E-state index in [0.29, 0.717) is 17.3 Å². The normalized spacial score (nSPS) is 10.8. The lowest BCUT2D eigenvalue weighted by Crippen LogP contribution is -2.26. The van der Waals surface area contributed by atoms with Crippen LogP contribution in [0.3, 0.4) is 0 Å². The van der Waals surface area contributed by atoms with Crippen LogP contribution in [0.2, 0.25) is 0 Å². The molecule has 0 radical (unpaired) electrons. The fraction of sp³-hybridized carbons (Fsp3) is 0.167. The molecule has 4 N–H and O–H groups in total. The van der Waals surface area contributed by atoms with Crippen molar-refractivity contribution in [2.45, 2.75) is 13.3 Å². The van der Waals surface area contributed by atoms with E-state index in [1.165, 1.54) is 30.6 Å². The van der Waals surface area contributed by atoms with E-state index in [4.69, 9.17) is 5.73 Å². The van der Waals surface area contributed by atoms with E-state index in [1.54, 1.807) is 6.07 Å². The number of nitrogens with two attached hydrogens (primary N) is 1. The summed E-state index contributed by atoms with van der Waals surface area (Å²) in [5, 5.41) is 3.56. The van der Waals surface area contributed by atoms with Crippen LogP contribution in [0.5, 0.6) is 0 Å². The van der Waals surface area contributed by atoms with Gasteiger partial charge in [0, 0.05) is 35.3 Å². The van der Waals surface area contributed by atoms with E-state index in [1.807, 2.05) is 6.92 Å². The first-order valence-electron chi connectivity index (χ1n) is 7.87. The number of hydrogen-bond acceptors (Lipinski definition) is 4. The summed E-state index contributed by atoms with van der Waals surface area (Å²) in [6.45, 7) is 2.44. The molecular formula is C18H17FN4O2. The topological polar surface area (TPSA) is 101 Å². The van der Waals surface area contributed by atoms with Gasteiger partial charge < -0.3 is 16.0 Å². The zero-order chi connectivity index (χ0) is 18.0. The maximum atomic E-state index is 14.4. The van der Waals surface area contributed by atoms with Crippen LogP contribution < -0.4 is 16.6 Å². The predicted molar refractivity (Wildman–Crippen MR) is 94.8 cm³/mol. The van der Waals surface area contributed by atoms with E-state index < -0.39 is 11.4 Å². The molecule has 7 heteroatoms. The van der Waals surface area contributed by atoms with E-state index in [9.17, 15) is 14.0 Å². The number of pyridine rings is 2. The molecule has 0 aliphatic rings. The first-order valence-corrected chi connectivity index (χ1v) is 7.87. The van der Waals surface area contributed by atoms with Crippen LogP contribution >= 0.6 is 0 Å². The van der Waals surface area contributed by atoms with Gasteiger partial charge in [-0.05, 0) is 30.7 Å². The minimum absolute atomic E-state index is 0.0838. The number of rotatable bonds is 4. The second-order valence-corrected chi connectivity index (χ2v) is 5.57. The summed E-state index contributed by atoms with van der Waals surface area (Å²) in [4.78, 5) is 30.8. The molecule has 3 rings (SSSR count). The van der Waals surface area contributed by atoms with Gasteiger partial charge in [-0.2, -0.15) is 0 Å². The summed E-state index contributed by atoms with van der Waals surface area (Å²) in [6.07, 6.45) is 3.63. The molecule has 1 aromatic carbocycles. The third-order valence-electron chi connectivity index (χ3n) is 3.90. The second kappa shape index (κ2) is 6.72. The number of H-pyrrole nitrogens is 1. The van der Waals surface area contributed by atoms with Gasteiger partial charge in [0.25, 0.3) is 11.5 Å². The molecule has 0 fully saturated rings. The highest BCUT2D eigenvalue weighted by Gasteiger charge is 2.19. The SMILES string of the molecule is CCCNC(=O)c1ncc2c(-c3ccc[nH]c3=O)c(F)ccc2c1N. The summed E-state index contributed by atoms with van der Waals surface area (Å²) in [5.74, 6) is -0.946. The third-order valence-corrected chi connectivity index (χ3v) is 3.90. The Hall–Kier alpha value is -3.22. The zero-order valence-electron chi connectivity index (χ0n) is 13.6. The van der Waals surface area contributed by atoms with E-state index >= 15 is 0 Å². The molecule has 0 bridgehead atoms. The molecule has 0 aliphatic carbocycles. The van der Waals surface area contributed by atoms with Crippen molar-refractivity contribution in [2.75, 3.05) is 12.3 Å². The van der Waals surface area contributed by atoms with Crippen LogP contribution in [-0.2, 0) is 0 Å². The molecule has 0 atom stereocenters. The molecule has 0 saturated carbocycles. The average molecular weight is 340 g/mol. The summed E-state index contributed by atoms with van der Waals surface area (Å²) < 4.78 is 14.4. The van der Waals surface area contributed by atoms with Crippen molar-refractivity contribution in [3.63, 3.8) is 0 Å². The van der Waals surface area contributed by atoms with Gasteiger partial charge in [-0.15, -0.1) is 0 Å². The highest BCUT2D eigenvalue weighted by Crippen LogP contribution is 2.32. The number of benzene rings is 1. The Morgan fingerprint density at radius 3 is 2.84 bits per heavy atom. The summed E-state index contributed by atoms with van der Waals surface area (Å²) >= 11 is 0. The molecule has 6 nitrogen and oxygen atoms in total. The van der Waals surface area contributed by atoms with Crippen molar-refractivity contribution in [3.05, 3.63) is 58.5 Å². The number of fused-ring (bicyclic) bond motifs is 1. The largest absolute Gasteiger partial charge is 0.396 e. The van der Waals surface area contributed by atoms with Gasteiger partial charge in [0.05, 0.1) is 11.3 Å². The molecule has 128 valence electrons. The number of nitrogen functional groups attached to an aromatic ring is 1. The Balaban J connectivity index is 2.23. The van der Waals surface area contributed by atoms with E-state index in [0.717, 1.165) is 6.42 Å². The van der Waals surface area contributed by atoms with Gasteiger partial charge in [0.1, 0.15) is 5.82 Å². The van der Waals surface area contributed by atoms with Gasteiger partial charge in [0.15, 0.2) is 5.69 Å². The zero-order valence-corrected chi connectivity index (χ0v) is 13.6. The molecule has 0 saturated heterocycles. The lowest BCUT2D eigenvalue weighted by molar-refractivity contribution is 0.0950. The Morgan fingerprint density at radius 2 is 2.12 bits per heavy atom. The number of nitrogens with zero attached hydrogens (tertiary/aromatic N) is 1. The third kappa shape index (κ3) is 2.96. The second-order valence-electron chi connectivity index (χ2n) is 5.57. The van der Waals surface area contributed by atoms with Crippen molar-refractivity contribution >= 4 is 22.4 Å². The minimum atomic E-state index is -0.561. The minimum Gasteiger partial charge on any atom is -0.396 e. The molecule has 2 heterocycles. The van der Waals surface area contributed by atoms with E-state index in [2.05, 4.69) is 15.3 Å². The molecule has 25 heavy (non-hydrogen) atoms. The van der Waals surface area contributed by atoms with Crippen molar-refractivity contribution in [1.29, 1.82) is 0 Å². The Kier molecular flexibility index (Phi) is 4.47. The smallest absolute Gasteiger partial charge is 0.272 e. The molecule has 0 aliphatic heterocycles. The fourth-order valence-electron chi connectivity index (χ4n) is 2.68. The molecule has 0 spiro atoms. The number of aromatic amines is 1. The van der Waals surface area contributed by atoms with Crippen LogP contribution in [0.4, 0.5) is 10.1 Å². The van der Waals surface area contributed by atoms with Crippen LogP contribution in [0.15, 0.2) is 41.5 Å². The summed E-state index contributed by atoms with van der Waals surface area (Å²) in [5.41, 5.74) is 6.20. The first-order chi connectivity index (χ1) is 12.0. The van der Waals surface area contributed by atoms with Crippen molar-refractivity contribution in [1.82, 2.24) is 15.3 Å². The number of nitrogens with one attached hydrogen (secondary N) is 2. The number of carbonyl (C=O) groups excluding carboxylic acids is 1. The number of carbonyl (C=O) groups is 1. The lowest BCUT2D eigenvalue weighted by atomic mass is 9.98. The molecule has 3 aromatic rings. The van der Waals surface area contributed by atoms with Crippen LogP contribution in [-0.4, -0.2) is 22.4 Å². The van der Waals surface area contributed by atoms with Gasteiger partial charge in [0.2, 0.25) is 0 Å². The molecular weight excluding hydrogens is 323 g/mol. The molecule has 2 aromatic heterocycles. The maximum absolute atomic E-state index is 14.4. The van der Waals surface area contributed by atoms with Gasteiger partial charge >= 0.3 is 0 Å². The Labute approximate surface area is 142 Å². The number of aromatic nitrogens is 2. The Bertz CT molecular complexity index is 1010. The highest BCUT2D eigenvalue weighted by atomic mass is 19.1. The van der Waals surface area contributed by atoms with Crippen molar-refractivity contribution < 1.29 is 9.18 Å². The maximum Gasteiger partial charge on any atom is 0.272 e. The van der Waals surface area contributed by atoms with E-state index in [-0.39, 0.29) is 28.4 Å². The Morgan fingerprint density at radius 1 is 1.32 bits per heavy atom. The monoisotopic (exact) mass is 340 g/mol. The van der Waals surface area contributed by atoms with Crippen LogP contribution in [0, 0.1) is 5.82 Å². The van der Waals surface area contributed by atoms with Crippen molar-refractivity contribution in [3.8, 4) is 11.1 Å². The number of anilines is 1. The molecule has 1 amide bonds. The average Bonchev–Trinajstić information content (AvgIpc) is 2.61. The van der Waals surface area contributed by atoms with Crippen molar-refractivity contribution in [2.24, 2.45) is 0 Å². The number of amides is 1. The van der Waals surface area contributed by atoms with Crippen LogP contribution in [0.1, 0.15) is 23.8 Å². The number of halogens is 1. The highest BCUT2D eigenvalue weighted by molar-refractivity contribution is 6.09. The van der Waals surface area contributed by atoms with Crippen LogP contribution in [0.25, 0.3) is 21.9 Å². The number of hydrogen-bond donors (Lipinski definition) is 3. The molecule has 0 unspecified atom stereocenters. The fourth-order valence-corrected chi connectivity index (χ4v) is 2.68. The predicted octanol–water partition coefficient (Wildman–Crippen LogP) is 2.45.